The fraction of sp³-hybridized carbons (Fsp3) is 0.400. The molecule has 0 bridgehead atoms. The van der Waals surface area contributed by atoms with Gasteiger partial charge < -0.3 is 10.3 Å². The van der Waals surface area contributed by atoms with Gasteiger partial charge in [-0.3, -0.25) is 0 Å². The van der Waals surface area contributed by atoms with Gasteiger partial charge in [0.05, 0.1) is 6.04 Å². The predicted molar refractivity (Wildman–Crippen MR) is 74.5 cm³/mol. The molecule has 2 atom stereocenters. The first-order valence-corrected chi connectivity index (χ1v) is 6.59. The molecule has 2 rings (SSSR count). The van der Waals surface area contributed by atoms with Crippen LogP contribution in [0.2, 0.25) is 0 Å². The fourth-order valence-electron chi connectivity index (χ4n) is 2.12. The molecule has 2 aromatic rings. The van der Waals surface area contributed by atoms with E-state index in [4.69, 9.17) is 0 Å². The van der Waals surface area contributed by atoms with E-state index in [2.05, 4.69) is 59.5 Å². The molecule has 1 aromatic heterocycles. The highest BCUT2D eigenvalue weighted by Gasteiger charge is 2.12. The molecule has 3 heteroatoms. The van der Waals surface area contributed by atoms with E-state index in [0.29, 0.717) is 12.0 Å². The van der Waals surface area contributed by atoms with Crippen molar-refractivity contribution >= 4 is 0 Å². The first-order valence-electron chi connectivity index (χ1n) is 6.59. The maximum absolute atomic E-state index is 4.32. The van der Waals surface area contributed by atoms with Crippen molar-refractivity contribution in [1.82, 2.24) is 15.3 Å². The number of hydrogen-bond acceptors (Lipinski definition) is 2. The SMILES string of the molecule is CCC(NCC(C)c1ccccc1)c1ncc[nH]1. The summed E-state index contributed by atoms with van der Waals surface area (Å²) in [5, 5.41) is 3.58. The summed E-state index contributed by atoms with van der Waals surface area (Å²) in [5.41, 5.74) is 1.37. The Morgan fingerprint density at radius 1 is 1.28 bits per heavy atom. The first kappa shape index (κ1) is 12.8. The van der Waals surface area contributed by atoms with Crippen LogP contribution in [-0.4, -0.2) is 16.5 Å². The van der Waals surface area contributed by atoms with Gasteiger partial charge in [0.25, 0.3) is 0 Å². The minimum absolute atomic E-state index is 0.311. The van der Waals surface area contributed by atoms with E-state index in [1.807, 2.05) is 6.20 Å². The Morgan fingerprint density at radius 3 is 2.67 bits per heavy atom. The third-order valence-electron chi connectivity index (χ3n) is 3.30. The van der Waals surface area contributed by atoms with Gasteiger partial charge in [0.2, 0.25) is 0 Å². The monoisotopic (exact) mass is 243 g/mol. The lowest BCUT2D eigenvalue weighted by atomic mass is 10.0. The normalized spacial score (nSPS) is 14.3. The molecule has 0 radical (unpaired) electrons. The molecule has 2 N–H and O–H groups in total. The minimum Gasteiger partial charge on any atom is -0.347 e. The van der Waals surface area contributed by atoms with Crippen LogP contribution in [0.4, 0.5) is 0 Å². The van der Waals surface area contributed by atoms with E-state index in [1.165, 1.54) is 5.56 Å². The second-order valence-electron chi connectivity index (χ2n) is 4.66. The number of H-pyrrole nitrogens is 1. The quantitative estimate of drug-likeness (QED) is 0.817. The average Bonchev–Trinajstić information content (AvgIpc) is 2.94. The standard InChI is InChI=1S/C15H21N3/c1-3-14(15-16-9-10-17-15)18-11-12(2)13-7-5-4-6-8-13/h4-10,12,14,18H,3,11H2,1-2H3,(H,16,17). The largest absolute Gasteiger partial charge is 0.347 e. The van der Waals surface area contributed by atoms with Gasteiger partial charge in [-0.2, -0.15) is 0 Å². The highest BCUT2D eigenvalue weighted by atomic mass is 15.0. The van der Waals surface area contributed by atoms with Crippen LogP contribution >= 0.6 is 0 Å². The fourth-order valence-corrected chi connectivity index (χ4v) is 2.12. The number of imidazole rings is 1. The van der Waals surface area contributed by atoms with Crippen molar-refractivity contribution in [2.24, 2.45) is 0 Å². The molecule has 1 aromatic carbocycles. The van der Waals surface area contributed by atoms with Gasteiger partial charge >= 0.3 is 0 Å². The predicted octanol–water partition coefficient (Wildman–Crippen LogP) is 3.25. The van der Waals surface area contributed by atoms with Crippen LogP contribution in [0.25, 0.3) is 0 Å². The van der Waals surface area contributed by atoms with E-state index in [0.717, 1.165) is 18.8 Å². The van der Waals surface area contributed by atoms with Gasteiger partial charge in [-0.1, -0.05) is 44.2 Å². The number of aromatic amines is 1. The zero-order chi connectivity index (χ0) is 12.8. The second-order valence-corrected chi connectivity index (χ2v) is 4.66. The zero-order valence-corrected chi connectivity index (χ0v) is 11.1. The summed E-state index contributed by atoms with van der Waals surface area (Å²) in [4.78, 5) is 7.50. The van der Waals surface area contributed by atoms with Crippen LogP contribution in [0, 0.1) is 0 Å². The maximum Gasteiger partial charge on any atom is 0.123 e. The molecule has 3 nitrogen and oxygen atoms in total. The minimum atomic E-state index is 0.311. The molecule has 0 fully saturated rings. The molecular weight excluding hydrogens is 222 g/mol. The second kappa shape index (κ2) is 6.36. The summed E-state index contributed by atoms with van der Waals surface area (Å²) in [6, 6.07) is 10.9. The molecule has 0 amide bonds. The maximum atomic E-state index is 4.32. The number of hydrogen-bond donors (Lipinski definition) is 2. The van der Waals surface area contributed by atoms with E-state index in [9.17, 15) is 0 Å². The average molecular weight is 243 g/mol. The van der Waals surface area contributed by atoms with E-state index in [-0.39, 0.29) is 0 Å². The lowest BCUT2D eigenvalue weighted by Gasteiger charge is -2.18. The van der Waals surface area contributed by atoms with E-state index < -0.39 is 0 Å². The van der Waals surface area contributed by atoms with Gasteiger partial charge in [-0.25, -0.2) is 4.98 Å². The van der Waals surface area contributed by atoms with Crippen LogP contribution < -0.4 is 5.32 Å². The molecule has 2 unspecified atom stereocenters. The Morgan fingerprint density at radius 2 is 2.06 bits per heavy atom. The van der Waals surface area contributed by atoms with Gasteiger partial charge in [0.1, 0.15) is 5.82 Å². The Labute approximate surface area is 109 Å². The van der Waals surface area contributed by atoms with Crippen LogP contribution in [-0.2, 0) is 0 Å². The summed E-state index contributed by atoms with van der Waals surface area (Å²) in [5.74, 6) is 1.54. The summed E-state index contributed by atoms with van der Waals surface area (Å²) in [6.45, 7) is 5.38. The Kier molecular flexibility index (Phi) is 4.53. The lowest BCUT2D eigenvalue weighted by Crippen LogP contribution is -2.26. The van der Waals surface area contributed by atoms with E-state index >= 15 is 0 Å². The summed E-state index contributed by atoms with van der Waals surface area (Å²) in [6.07, 6.45) is 4.72. The Hall–Kier alpha value is -1.61. The third kappa shape index (κ3) is 3.20. The molecule has 1 heterocycles. The van der Waals surface area contributed by atoms with Crippen molar-refractivity contribution in [3.8, 4) is 0 Å². The molecule has 0 spiro atoms. The number of nitrogens with one attached hydrogen (secondary N) is 2. The van der Waals surface area contributed by atoms with Crippen molar-refractivity contribution in [2.45, 2.75) is 32.2 Å². The number of benzene rings is 1. The van der Waals surface area contributed by atoms with Gasteiger partial charge in [0, 0.05) is 18.9 Å². The van der Waals surface area contributed by atoms with Gasteiger partial charge in [0.15, 0.2) is 0 Å². The van der Waals surface area contributed by atoms with Crippen LogP contribution in [0.5, 0.6) is 0 Å². The Bertz CT molecular complexity index is 436. The highest BCUT2D eigenvalue weighted by Crippen LogP contribution is 2.16. The zero-order valence-electron chi connectivity index (χ0n) is 11.1. The van der Waals surface area contributed by atoms with Crippen molar-refractivity contribution in [3.63, 3.8) is 0 Å². The summed E-state index contributed by atoms with van der Waals surface area (Å²) >= 11 is 0. The van der Waals surface area contributed by atoms with Crippen molar-refractivity contribution < 1.29 is 0 Å². The van der Waals surface area contributed by atoms with E-state index in [1.54, 1.807) is 6.20 Å². The van der Waals surface area contributed by atoms with Crippen molar-refractivity contribution in [1.29, 1.82) is 0 Å². The molecule has 0 aliphatic carbocycles. The van der Waals surface area contributed by atoms with Crippen LogP contribution in [0.3, 0.4) is 0 Å². The number of rotatable bonds is 6. The van der Waals surface area contributed by atoms with Crippen molar-refractivity contribution in [2.75, 3.05) is 6.54 Å². The summed E-state index contributed by atoms with van der Waals surface area (Å²) in [7, 11) is 0. The summed E-state index contributed by atoms with van der Waals surface area (Å²) < 4.78 is 0. The van der Waals surface area contributed by atoms with Crippen LogP contribution in [0.1, 0.15) is 43.6 Å². The topological polar surface area (TPSA) is 40.7 Å². The molecule has 0 saturated heterocycles. The first-order chi connectivity index (χ1) is 8.81. The molecule has 0 aliphatic rings. The smallest absolute Gasteiger partial charge is 0.123 e. The van der Waals surface area contributed by atoms with Crippen molar-refractivity contribution in [3.05, 3.63) is 54.1 Å². The number of nitrogens with zero attached hydrogens (tertiary/aromatic N) is 1. The van der Waals surface area contributed by atoms with Crippen LogP contribution in [0.15, 0.2) is 42.7 Å². The Balaban J connectivity index is 1.91. The molecule has 0 aliphatic heterocycles. The third-order valence-corrected chi connectivity index (χ3v) is 3.30. The molecule has 96 valence electrons. The highest BCUT2D eigenvalue weighted by molar-refractivity contribution is 5.19. The molecule has 0 saturated carbocycles. The molecule has 18 heavy (non-hydrogen) atoms. The lowest BCUT2D eigenvalue weighted by molar-refractivity contribution is 0.478. The molecular formula is C15H21N3. The number of aromatic nitrogens is 2. The van der Waals surface area contributed by atoms with Gasteiger partial charge in [-0.05, 0) is 17.9 Å². The van der Waals surface area contributed by atoms with Gasteiger partial charge in [-0.15, -0.1) is 0 Å².